The first kappa shape index (κ1) is 10.7. The van der Waals surface area contributed by atoms with E-state index in [1.54, 1.807) is 6.26 Å². The average molecular weight is 208 g/mol. The molecule has 2 atom stereocenters. The summed E-state index contributed by atoms with van der Waals surface area (Å²) in [6.45, 7) is 1.79. The predicted molar refractivity (Wildman–Crippen MR) is 60.4 cm³/mol. The maximum atomic E-state index is 5.79. The van der Waals surface area contributed by atoms with Crippen LogP contribution >= 0.6 is 0 Å². The summed E-state index contributed by atoms with van der Waals surface area (Å²) < 4.78 is 5.08. The Morgan fingerprint density at radius 2 is 2.40 bits per heavy atom. The SMILES string of the molecule is CN(Cc1ccoc1)C1CCCC1CN. The largest absolute Gasteiger partial charge is 0.472 e. The lowest BCUT2D eigenvalue weighted by molar-refractivity contribution is 0.192. The summed E-state index contributed by atoms with van der Waals surface area (Å²) in [6, 6.07) is 2.69. The van der Waals surface area contributed by atoms with Gasteiger partial charge in [-0.2, -0.15) is 0 Å². The number of hydrogen-bond donors (Lipinski definition) is 1. The Balaban J connectivity index is 1.92. The molecule has 1 aliphatic carbocycles. The second-order valence-corrected chi connectivity index (χ2v) is 4.54. The van der Waals surface area contributed by atoms with Gasteiger partial charge in [0.2, 0.25) is 0 Å². The van der Waals surface area contributed by atoms with E-state index in [1.165, 1.54) is 24.8 Å². The fourth-order valence-corrected chi connectivity index (χ4v) is 2.66. The van der Waals surface area contributed by atoms with Crippen LogP contribution in [-0.4, -0.2) is 24.5 Å². The third-order valence-electron chi connectivity index (χ3n) is 3.50. The van der Waals surface area contributed by atoms with Crippen molar-refractivity contribution in [3.05, 3.63) is 24.2 Å². The van der Waals surface area contributed by atoms with Crippen LogP contribution in [0.2, 0.25) is 0 Å². The van der Waals surface area contributed by atoms with Crippen LogP contribution in [0.1, 0.15) is 24.8 Å². The molecule has 0 radical (unpaired) electrons. The van der Waals surface area contributed by atoms with Gasteiger partial charge >= 0.3 is 0 Å². The molecule has 3 heteroatoms. The van der Waals surface area contributed by atoms with Gasteiger partial charge in [-0.1, -0.05) is 6.42 Å². The lowest BCUT2D eigenvalue weighted by Crippen LogP contribution is -2.37. The Hall–Kier alpha value is -0.800. The van der Waals surface area contributed by atoms with Gasteiger partial charge in [-0.25, -0.2) is 0 Å². The van der Waals surface area contributed by atoms with Crippen molar-refractivity contribution in [3.63, 3.8) is 0 Å². The molecule has 2 rings (SSSR count). The third kappa shape index (κ3) is 2.41. The van der Waals surface area contributed by atoms with Crippen LogP contribution in [0.25, 0.3) is 0 Å². The minimum Gasteiger partial charge on any atom is -0.472 e. The zero-order valence-corrected chi connectivity index (χ0v) is 9.36. The van der Waals surface area contributed by atoms with Crippen molar-refractivity contribution < 1.29 is 4.42 Å². The van der Waals surface area contributed by atoms with Gasteiger partial charge in [-0.15, -0.1) is 0 Å². The first-order valence-corrected chi connectivity index (χ1v) is 5.72. The maximum absolute atomic E-state index is 5.79. The minimum absolute atomic E-state index is 0.657. The summed E-state index contributed by atoms with van der Waals surface area (Å²) >= 11 is 0. The molecular formula is C12H20N2O. The molecule has 15 heavy (non-hydrogen) atoms. The number of furan rings is 1. The summed E-state index contributed by atoms with van der Waals surface area (Å²) in [5, 5.41) is 0. The molecule has 3 nitrogen and oxygen atoms in total. The van der Waals surface area contributed by atoms with Crippen molar-refractivity contribution in [2.24, 2.45) is 11.7 Å². The highest BCUT2D eigenvalue weighted by Gasteiger charge is 2.29. The van der Waals surface area contributed by atoms with Crippen LogP contribution in [0.3, 0.4) is 0 Å². The summed E-state index contributed by atoms with van der Waals surface area (Å²) in [6.07, 6.45) is 7.45. The molecule has 1 saturated carbocycles. The summed E-state index contributed by atoms with van der Waals surface area (Å²) in [4.78, 5) is 2.41. The van der Waals surface area contributed by atoms with E-state index in [1.807, 2.05) is 12.3 Å². The molecule has 84 valence electrons. The Morgan fingerprint density at radius 1 is 1.53 bits per heavy atom. The predicted octanol–water partition coefficient (Wildman–Crippen LogP) is 1.84. The molecule has 1 fully saturated rings. The summed E-state index contributed by atoms with van der Waals surface area (Å²) in [5.41, 5.74) is 7.04. The van der Waals surface area contributed by atoms with Gasteiger partial charge in [0.1, 0.15) is 0 Å². The smallest absolute Gasteiger partial charge is 0.0947 e. The summed E-state index contributed by atoms with van der Waals surface area (Å²) in [7, 11) is 2.19. The molecular weight excluding hydrogens is 188 g/mol. The van der Waals surface area contributed by atoms with Gasteiger partial charge in [0.05, 0.1) is 12.5 Å². The van der Waals surface area contributed by atoms with Crippen molar-refractivity contribution in [2.45, 2.75) is 31.8 Å². The van der Waals surface area contributed by atoms with Gasteiger partial charge in [-0.3, -0.25) is 4.90 Å². The molecule has 1 aliphatic rings. The van der Waals surface area contributed by atoms with Crippen molar-refractivity contribution in [2.75, 3.05) is 13.6 Å². The Morgan fingerprint density at radius 3 is 3.07 bits per heavy atom. The van der Waals surface area contributed by atoms with Crippen LogP contribution < -0.4 is 5.73 Å². The van der Waals surface area contributed by atoms with E-state index in [9.17, 15) is 0 Å². The number of rotatable bonds is 4. The van der Waals surface area contributed by atoms with E-state index < -0.39 is 0 Å². The van der Waals surface area contributed by atoms with E-state index in [0.717, 1.165) is 13.1 Å². The summed E-state index contributed by atoms with van der Waals surface area (Å²) in [5.74, 6) is 0.682. The third-order valence-corrected chi connectivity index (χ3v) is 3.50. The first-order valence-electron chi connectivity index (χ1n) is 5.72. The van der Waals surface area contributed by atoms with Crippen LogP contribution in [0.5, 0.6) is 0 Å². The topological polar surface area (TPSA) is 42.4 Å². The number of hydrogen-bond acceptors (Lipinski definition) is 3. The zero-order valence-electron chi connectivity index (χ0n) is 9.36. The van der Waals surface area contributed by atoms with Crippen molar-refractivity contribution in [1.82, 2.24) is 4.90 Å². The highest BCUT2D eigenvalue weighted by Crippen LogP contribution is 2.29. The molecule has 2 unspecified atom stereocenters. The Kier molecular flexibility index (Phi) is 3.44. The van der Waals surface area contributed by atoms with Gasteiger partial charge in [0, 0.05) is 18.2 Å². The standard InChI is InChI=1S/C12H20N2O/c1-14(8-10-5-6-15-9-10)12-4-2-3-11(12)7-13/h5-6,9,11-12H,2-4,7-8,13H2,1H3. The lowest BCUT2D eigenvalue weighted by Gasteiger charge is -2.28. The molecule has 0 saturated heterocycles. The number of nitrogens with zero attached hydrogens (tertiary/aromatic N) is 1. The lowest BCUT2D eigenvalue weighted by atomic mass is 10.0. The van der Waals surface area contributed by atoms with Crippen molar-refractivity contribution in [3.8, 4) is 0 Å². The van der Waals surface area contributed by atoms with E-state index >= 15 is 0 Å². The number of nitrogens with two attached hydrogens (primary N) is 1. The minimum atomic E-state index is 0.657. The molecule has 1 heterocycles. The molecule has 0 aromatic carbocycles. The molecule has 1 aromatic heterocycles. The normalized spacial score (nSPS) is 26.3. The van der Waals surface area contributed by atoms with Gasteiger partial charge < -0.3 is 10.2 Å². The highest BCUT2D eigenvalue weighted by atomic mass is 16.3. The molecule has 0 bridgehead atoms. The van der Waals surface area contributed by atoms with Crippen LogP contribution in [0, 0.1) is 5.92 Å². The Labute approximate surface area is 91.2 Å². The highest BCUT2D eigenvalue weighted by molar-refractivity contribution is 5.05. The quantitative estimate of drug-likeness (QED) is 0.821. The van der Waals surface area contributed by atoms with Crippen LogP contribution in [0.4, 0.5) is 0 Å². The van der Waals surface area contributed by atoms with E-state index in [2.05, 4.69) is 11.9 Å². The first-order chi connectivity index (χ1) is 7.31. The molecule has 2 N–H and O–H groups in total. The van der Waals surface area contributed by atoms with E-state index in [0.29, 0.717) is 12.0 Å². The fourth-order valence-electron chi connectivity index (χ4n) is 2.66. The van der Waals surface area contributed by atoms with E-state index in [4.69, 9.17) is 10.2 Å². The second-order valence-electron chi connectivity index (χ2n) is 4.54. The molecule has 1 aromatic rings. The zero-order chi connectivity index (χ0) is 10.7. The van der Waals surface area contributed by atoms with Crippen molar-refractivity contribution >= 4 is 0 Å². The van der Waals surface area contributed by atoms with Gasteiger partial charge in [-0.05, 0) is 38.4 Å². The monoisotopic (exact) mass is 208 g/mol. The maximum Gasteiger partial charge on any atom is 0.0947 e. The molecule has 0 spiro atoms. The molecule has 0 amide bonds. The van der Waals surface area contributed by atoms with Crippen LogP contribution in [-0.2, 0) is 6.54 Å². The second kappa shape index (κ2) is 4.81. The molecule has 0 aliphatic heterocycles. The van der Waals surface area contributed by atoms with E-state index in [-0.39, 0.29) is 0 Å². The Bertz CT molecular complexity index is 284. The van der Waals surface area contributed by atoms with Gasteiger partial charge in [0.15, 0.2) is 0 Å². The van der Waals surface area contributed by atoms with Gasteiger partial charge in [0.25, 0.3) is 0 Å². The van der Waals surface area contributed by atoms with Crippen molar-refractivity contribution in [1.29, 1.82) is 0 Å². The average Bonchev–Trinajstić information content (AvgIpc) is 2.86. The van der Waals surface area contributed by atoms with Crippen LogP contribution in [0.15, 0.2) is 23.0 Å². The fraction of sp³-hybridized carbons (Fsp3) is 0.667.